The van der Waals surface area contributed by atoms with Gasteiger partial charge in [0.15, 0.2) is 0 Å². The molecule has 1 fully saturated rings. The van der Waals surface area contributed by atoms with Crippen molar-refractivity contribution in [1.82, 2.24) is 4.90 Å². The van der Waals surface area contributed by atoms with Crippen LogP contribution in [0, 0.1) is 0 Å². The minimum atomic E-state index is -4.98. The molecule has 1 N–H and O–H groups in total. The van der Waals surface area contributed by atoms with E-state index in [-0.39, 0.29) is 13.0 Å². The summed E-state index contributed by atoms with van der Waals surface area (Å²) in [6, 6.07) is 0. The molecule has 92 valence electrons. The molecule has 0 aliphatic carbocycles. The summed E-state index contributed by atoms with van der Waals surface area (Å²) in [6.45, 7) is 0.361. The van der Waals surface area contributed by atoms with Gasteiger partial charge in [-0.05, 0) is 19.8 Å². The third-order valence-electron chi connectivity index (χ3n) is 2.83. The van der Waals surface area contributed by atoms with Gasteiger partial charge in [0.1, 0.15) is 0 Å². The highest BCUT2D eigenvalue weighted by Crippen LogP contribution is 2.37. The molecule has 0 bridgehead atoms. The van der Waals surface area contributed by atoms with Crippen molar-refractivity contribution in [2.45, 2.75) is 37.9 Å². The Morgan fingerprint density at radius 1 is 1.38 bits per heavy atom. The molecule has 1 atom stereocenters. The number of carbonyl (C=O) groups is 2. The molecule has 1 aliphatic heterocycles. The molecule has 0 saturated carbocycles. The molecule has 0 spiro atoms. The van der Waals surface area contributed by atoms with E-state index in [0.717, 1.165) is 0 Å². The summed E-state index contributed by atoms with van der Waals surface area (Å²) in [5, 5.41) is 8.72. The lowest BCUT2D eigenvalue weighted by atomic mass is 9.95. The van der Waals surface area contributed by atoms with Crippen LogP contribution in [0.15, 0.2) is 0 Å². The lowest BCUT2D eigenvalue weighted by molar-refractivity contribution is -0.234. The highest BCUT2D eigenvalue weighted by atomic mass is 19.4. The molecule has 0 radical (unpaired) electrons. The van der Waals surface area contributed by atoms with Gasteiger partial charge >= 0.3 is 12.1 Å². The van der Waals surface area contributed by atoms with Gasteiger partial charge in [-0.25, -0.2) is 4.79 Å². The molecule has 1 amide bonds. The van der Waals surface area contributed by atoms with Gasteiger partial charge < -0.3 is 10.0 Å². The Morgan fingerprint density at radius 2 is 1.94 bits per heavy atom. The van der Waals surface area contributed by atoms with Gasteiger partial charge in [0.25, 0.3) is 0 Å². The van der Waals surface area contributed by atoms with Crippen molar-refractivity contribution >= 4 is 11.9 Å². The highest BCUT2D eigenvalue weighted by molar-refractivity contribution is 5.88. The number of amides is 1. The standard InChI is InChI=1S/C9H12F3NO3/c1-8(7(15)16,9(10,11)12)13-5-3-2-4-6(13)14/h2-5H2,1H3,(H,15,16). The number of carboxylic acid groups (broad SMARTS) is 1. The lowest BCUT2D eigenvalue weighted by Crippen LogP contribution is -2.64. The maximum atomic E-state index is 12.7. The summed E-state index contributed by atoms with van der Waals surface area (Å²) in [5.74, 6) is -2.80. The second-order valence-electron chi connectivity index (χ2n) is 3.88. The number of hydrogen-bond donors (Lipinski definition) is 1. The fourth-order valence-electron chi connectivity index (χ4n) is 1.67. The maximum Gasteiger partial charge on any atom is 0.422 e. The topological polar surface area (TPSA) is 57.6 Å². The van der Waals surface area contributed by atoms with E-state index < -0.39 is 23.6 Å². The monoisotopic (exact) mass is 239 g/mol. The molecule has 1 unspecified atom stereocenters. The van der Waals surface area contributed by atoms with E-state index >= 15 is 0 Å². The zero-order valence-electron chi connectivity index (χ0n) is 8.67. The van der Waals surface area contributed by atoms with Crippen molar-refractivity contribution in [3.05, 3.63) is 0 Å². The molecule has 1 saturated heterocycles. The number of halogens is 3. The van der Waals surface area contributed by atoms with Crippen molar-refractivity contribution in [3.63, 3.8) is 0 Å². The minimum Gasteiger partial charge on any atom is -0.479 e. The highest BCUT2D eigenvalue weighted by Gasteiger charge is 2.62. The normalized spacial score (nSPS) is 21.8. The van der Waals surface area contributed by atoms with Crippen molar-refractivity contribution in [2.24, 2.45) is 0 Å². The number of rotatable bonds is 2. The number of likely N-dealkylation sites (tertiary alicyclic amines) is 1. The number of nitrogens with zero attached hydrogens (tertiary/aromatic N) is 1. The average molecular weight is 239 g/mol. The minimum absolute atomic E-state index is 0.0288. The molecule has 1 heterocycles. The summed E-state index contributed by atoms with van der Waals surface area (Å²) >= 11 is 0. The largest absolute Gasteiger partial charge is 0.479 e. The van der Waals surface area contributed by atoms with Crippen LogP contribution >= 0.6 is 0 Å². The Balaban J connectivity index is 3.11. The van der Waals surface area contributed by atoms with E-state index in [4.69, 9.17) is 5.11 Å². The SMILES string of the molecule is CC(C(=O)O)(N1CCCCC1=O)C(F)(F)F. The zero-order chi connectivity index (χ0) is 12.6. The van der Waals surface area contributed by atoms with Crippen LogP contribution in [0.5, 0.6) is 0 Å². The van der Waals surface area contributed by atoms with E-state index in [9.17, 15) is 22.8 Å². The number of piperidine rings is 1. The quantitative estimate of drug-likeness (QED) is 0.792. The van der Waals surface area contributed by atoms with Gasteiger partial charge in [-0.2, -0.15) is 13.2 Å². The van der Waals surface area contributed by atoms with Crippen LogP contribution in [0.4, 0.5) is 13.2 Å². The van der Waals surface area contributed by atoms with Crippen molar-refractivity contribution in [2.75, 3.05) is 6.54 Å². The summed E-state index contributed by atoms with van der Waals surface area (Å²) in [4.78, 5) is 22.6. The fraction of sp³-hybridized carbons (Fsp3) is 0.778. The van der Waals surface area contributed by atoms with Crippen LogP contribution in [-0.4, -0.2) is 40.1 Å². The van der Waals surface area contributed by atoms with Gasteiger partial charge in [0, 0.05) is 13.0 Å². The first-order valence-electron chi connectivity index (χ1n) is 4.82. The molecule has 4 nitrogen and oxygen atoms in total. The molecule has 7 heteroatoms. The second-order valence-corrected chi connectivity index (χ2v) is 3.88. The number of carbonyl (C=O) groups excluding carboxylic acids is 1. The molecular formula is C9H12F3NO3. The molecule has 0 aromatic rings. The summed E-state index contributed by atoms with van der Waals surface area (Å²) < 4.78 is 38.2. The maximum absolute atomic E-state index is 12.7. The number of aliphatic carboxylic acids is 1. The van der Waals surface area contributed by atoms with Gasteiger partial charge in [-0.15, -0.1) is 0 Å². The first-order valence-corrected chi connectivity index (χ1v) is 4.82. The Kier molecular flexibility index (Phi) is 3.16. The Bertz CT molecular complexity index is 316. The van der Waals surface area contributed by atoms with Crippen molar-refractivity contribution in [1.29, 1.82) is 0 Å². The smallest absolute Gasteiger partial charge is 0.422 e. The second kappa shape index (κ2) is 3.95. The van der Waals surface area contributed by atoms with Crippen LogP contribution in [0.2, 0.25) is 0 Å². The van der Waals surface area contributed by atoms with Gasteiger partial charge in [0.05, 0.1) is 0 Å². The predicted molar refractivity (Wildman–Crippen MR) is 47.7 cm³/mol. The first-order chi connectivity index (χ1) is 7.21. The number of carboxylic acids is 1. The summed E-state index contributed by atoms with van der Waals surface area (Å²) in [5.41, 5.74) is -3.12. The molecule has 16 heavy (non-hydrogen) atoms. The van der Waals surface area contributed by atoms with Gasteiger partial charge in [-0.3, -0.25) is 4.79 Å². The van der Waals surface area contributed by atoms with Crippen LogP contribution in [0.1, 0.15) is 26.2 Å². The first kappa shape index (κ1) is 12.8. The van der Waals surface area contributed by atoms with Crippen LogP contribution in [0.3, 0.4) is 0 Å². The molecule has 1 aliphatic rings. The predicted octanol–water partition coefficient (Wildman–Crippen LogP) is 1.40. The van der Waals surface area contributed by atoms with Gasteiger partial charge in [-0.1, -0.05) is 0 Å². The Hall–Kier alpha value is -1.27. The molecule has 0 aromatic heterocycles. The molecular weight excluding hydrogens is 227 g/mol. The summed E-state index contributed by atoms with van der Waals surface area (Å²) in [7, 11) is 0. The van der Waals surface area contributed by atoms with Crippen molar-refractivity contribution in [3.8, 4) is 0 Å². The van der Waals surface area contributed by atoms with E-state index in [0.29, 0.717) is 24.7 Å². The lowest BCUT2D eigenvalue weighted by Gasteiger charge is -2.40. The van der Waals surface area contributed by atoms with Crippen molar-refractivity contribution < 1.29 is 27.9 Å². The van der Waals surface area contributed by atoms with E-state index in [1.54, 1.807) is 0 Å². The zero-order valence-corrected chi connectivity index (χ0v) is 8.67. The average Bonchev–Trinajstić information content (AvgIpc) is 2.15. The van der Waals surface area contributed by atoms with Crippen LogP contribution in [0.25, 0.3) is 0 Å². The van der Waals surface area contributed by atoms with Crippen LogP contribution < -0.4 is 0 Å². The Labute approximate surface area is 90.0 Å². The third-order valence-corrected chi connectivity index (χ3v) is 2.83. The summed E-state index contributed by atoms with van der Waals surface area (Å²) in [6.07, 6.45) is -4.11. The van der Waals surface area contributed by atoms with E-state index in [1.807, 2.05) is 0 Å². The molecule has 1 rings (SSSR count). The van der Waals surface area contributed by atoms with E-state index in [2.05, 4.69) is 0 Å². The number of alkyl halides is 3. The fourth-order valence-corrected chi connectivity index (χ4v) is 1.67. The van der Waals surface area contributed by atoms with Crippen LogP contribution in [-0.2, 0) is 9.59 Å². The molecule has 0 aromatic carbocycles. The van der Waals surface area contributed by atoms with E-state index in [1.165, 1.54) is 0 Å². The Morgan fingerprint density at radius 3 is 2.31 bits per heavy atom. The van der Waals surface area contributed by atoms with Gasteiger partial charge in [0.2, 0.25) is 11.4 Å². The number of hydrogen-bond acceptors (Lipinski definition) is 2. The third kappa shape index (κ3) is 1.85.